The maximum atomic E-state index is 13.5. The largest absolute Gasteiger partial charge is 0.493 e. The molecule has 0 amide bonds. The van der Waals surface area contributed by atoms with Crippen LogP contribution in [0.2, 0.25) is 0 Å². The molecule has 25 heavy (non-hydrogen) atoms. The van der Waals surface area contributed by atoms with E-state index in [4.69, 9.17) is 19.9 Å². The third kappa shape index (κ3) is 3.28. The predicted molar refractivity (Wildman–Crippen MR) is 95.0 cm³/mol. The van der Waals surface area contributed by atoms with Crippen molar-refractivity contribution in [2.24, 2.45) is 0 Å². The summed E-state index contributed by atoms with van der Waals surface area (Å²) >= 11 is 0. The van der Waals surface area contributed by atoms with Gasteiger partial charge in [0.25, 0.3) is 0 Å². The van der Waals surface area contributed by atoms with E-state index >= 15 is 0 Å². The Morgan fingerprint density at radius 3 is 2.24 bits per heavy atom. The average molecular weight is 342 g/mol. The molecular formula is C19H19FN2O3. The molecule has 0 aliphatic heterocycles. The molecule has 0 saturated carbocycles. The van der Waals surface area contributed by atoms with E-state index < -0.39 is 0 Å². The number of ether oxygens (including phenoxy) is 3. The Morgan fingerprint density at radius 1 is 0.960 bits per heavy atom. The molecule has 0 aliphatic carbocycles. The van der Waals surface area contributed by atoms with Crippen molar-refractivity contribution in [3.05, 3.63) is 53.5 Å². The SMILES string of the molecule is COc1cc(Cc2nc(N)cc3cc(F)ccc23)cc(OC)c1OC. The summed E-state index contributed by atoms with van der Waals surface area (Å²) in [5, 5.41) is 1.57. The van der Waals surface area contributed by atoms with E-state index in [2.05, 4.69) is 4.98 Å². The fraction of sp³-hybridized carbons (Fsp3) is 0.211. The molecule has 0 aliphatic rings. The molecule has 5 nitrogen and oxygen atoms in total. The highest BCUT2D eigenvalue weighted by Gasteiger charge is 2.15. The summed E-state index contributed by atoms with van der Waals surface area (Å²) in [5.74, 6) is 1.70. The summed E-state index contributed by atoms with van der Waals surface area (Å²) in [7, 11) is 4.69. The molecule has 2 aromatic carbocycles. The number of aromatic nitrogens is 1. The number of rotatable bonds is 5. The van der Waals surface area contributed by atoms with Crippen LogP contribution in [0.15, 0.2) is 36.4 Å². The standard InChI is InChI=1S/C19H19FN2O3/c1-23-16-7-11(8-17(24-2)19(16)25-3)6-15-14-5-4-13(20)9-12(14)10-18(21)22-15/h4-5,7-10H,6H2,1-3H3,(H2,21,22). The minimum atomic E-state index is -0.308. The molecular weight excluding hydrogens is 323 g/mol. The van der Waals surface area contributed by atoms with Gasteiger partial charge in [-0.25, -0.2) is 9.37 Å². The molecule has 6 heteroatoms. The zero-order valence-electron chi connectivity index (χ0n) is 14.3. The van der Waals surface area contributed by atoms with Gasteiger partial charge in [-0.15, -0.1) is 0 Å². The van der Waals surface area contributed by atoms with Crippen LogP contribution in [0.1, 0.15) is 11.3 Å². The molecule has 3 rings (SSSR count). The third-order valence-corrected chi connectivity index (χ3v) is 3.99. The number of pyridine rings is 1. The molecule has 1 heterocycles. The fourth-order valence-corrected chi connectivity index (χ4v) is 2.89. The number of benzene rings is 2. The molecule has 0 spiro atoms. The minimum absolute atomic E-state index is 0.308. The van der Waals surface area contributed by atoms with Gasteiger partial charge in [-0.3, -0.25) is 0 Å². The van der Waals surface area contributed by atoms with E-state index in [-0.39, 0.29) is 5.82 Å². The van der Waals surface area contributed by atoms with Crippen molar-refractivity contribution in [3.8, 4) is 17.2 Å². The number of hydrogen-bond acceptors (Lipinski definition) is 5. The van der Waals surface area contributed by atoms with Gasteiger partial charge in [0, 0.05) is 11.8 Å². The molecule has 0 atom stereocenters. The summed E-state index contributed by atoms with van der Waals surface area (Å²) in [5.41, 5.74) is 7.55. The Morgan fingerprint density at radius 2 is 1.64 bits per heavy atom. The van der Waals surface area contributed by atoms with E-state index in [0.717, 1.165) is 22.0 Å². The van der Waals surface area contributed by atoms with Gasteiger partial charge in [0.1, 0.15) is 11.6 Å². The van der Waals surface area contributed by atoms with Crippen molar-refractivity contribution >= 4 is 16.6 Å². The first-order valence-corrected chi connectivity index (χ1v) is 7.69. The van der Waals surface area contributed by atoms with E-state index in [0.29, 0.717) is 29.5 Å². The zero-order valence-corrected chi connectivity index (χ0v) is 14.3. The van der Waals surface area contributed by atoms with Gasteiger partial charge in [0.05, 0.1) is 27.0 Å². The van der Waals surface area contributed by atoms with Crippen molar-refractivity contribution in [1.82, 2.24) is 4.98 Å². The molecule has 130 valence electrons. The summed E-state index contributed by atoms with van der Waals surface area (Å²) in [6, 6.07) is 9.97. The summed E-state index contributed by atoms with van der Waals surface area (Å²) < 4.78 is 29.6. The van der Waals surface area contributed by atoms with E-state index in [1.165, 1.54) is 12.1 Å². The van der Waals surface area contributed by atoms with Crippen LogP contribution < -0.4 is 19.9 Å². The molecule has 3 aromatic rings. The van der Waals surface area contributed by atoms with Crippen molar-refractivity contribution in [2.75, 3.05) is 27.1 Å². The number of nitrogen functional groups attached to an aromatic ring is 1. The van der Waals surface area contributed by atoms with E-state index in [9.17, 15) is 4.39 Å². The number of methoxy groups -OCH3 is 3. The Bertz CT molecular complexity index is 898. The summed E-state index contributed by atoms with van der Waals surface area (Å²) in [6.07, 6.45) is 0.490. The smallest absolute Gasteiger partial charge is 0.203 e. The highest BCUT2D eigenvalue weighted by molar-refractivity contribution is 5.86. The number of hydrogen-bond donors (Lipinski definition) is 1. The first-order valence-electron chi connectivity index (χ1n) is 7.69. The summed E-state index contributed by atoms with van der Waals surface area (Å²) in [4.78, 5) is 4.42. The van der Waals surface area contributed by atoms with Crippen molar-refractivity contribution in [3.63, 3.8) is 0 Å². The second kappa shape index (κ2) is 6.84. The van der Waals surface area contributed by atoms with Crippen molar-refractivity contribution < 1.29 is 18.6 Å². The van der Waals surface area contributed by atoms with Gasteiger partial charge in [-0.05, 0) is 47.3 Å². The monoisotopic (exact) mass is 342 g/mol. The average Bonchev–Trinajstić information content (AvgIpc) is 2.60. The lowest BCUT2D eigenvalue weighted by Gasteiger charge is -2.14. The van der Waals surface area contributed by atoms with Gasteiger partial charge in [0.2, 0.25) is 5.75 Å². The topological polar surface area (TPSA) is 66.6 Å². The van der Waals surface area contributed by atoms with Crippen LogP contribution >= 0.6 is 0 Å². The number of halogens is 1. The maximum Gasteiger partial charge on any atom is 0.203 e. The van der Waals surface area contributed by atoms with Gasteiger partial charge in [-0.2, -0.15) is 0 Å². The predicted octanol–water partition coefficient (Wildman–Crippen LogP) is 3.57. The summed E-state index contributed by atoms with van der Waals surface area (Å²) in [6.45, 7) is 0. The van der Waals surface area contributed by atoms with Crippen LogP contribution in [0.25, 0.3) is 10.8 Å². The molecule has 0 fully saturated rings. The molecule has 0 bridgehead atoms. The van der Waals surface area contributed by atoms with Crippen LogP contribution in [0.3, 0.4) is 0 Å². The Labute approximate surface area is 145 Å². The third-order valence-electron chi connectivity index (χ3n) is 3.99. The lowest BCUT2D eigenvalue weighted by molar-refractivity contribution is 0.324. The van der Waals surface area contributed by atoms with Crippen molar-refractivity contribution in [2.45, 2.75) is 6.42 Å². The van der Waals surface area contributed by atoms with Gasteiger partial charge < -0.3 is 19.9 Å². The molecule has 0 unspecified atom stereocenters. The Hall–Kier alpha value is -3.02. The number of fused-ring (bicyclic) bond motifs is 1. The molecule has 0 radical (unpaired) electrons. The normalized spacial score (nSPS) is 10.7. The Balaban J connectivity index is 2.10. The van der Waals surface area contributed by atoms with Gasteiger partial charge in [-0.1, -0.05) is 0 Å². The van der Waals surface area contributed by atoms with Gasteiger partial charge in [0.15, 0.2) is 11.5 Å². The lowest BCUT2D eigenvalue weighted by atomic mass is 10.0. The minimum Gasteiger partial charge on any atom is -0.493 e. The van der Waals surface area contributed by atoms with Crippen LogP contribution in [0, 0.1) is 5.82 Å². The highest BCUT2D eigenvalue weighted by Crippen LogP contribution is 2.39. The molecule has 1 aromatic heterocycles. The second-order valence-corrected chi connectivity index (χ2v) is 5.57. The zero-order chi connectivity index (χ0) is 18.0. The van der Waals surface area contributed by atoms with E-state index in [1.54, 1.807) is 33.5 Å². The maximum absolute atomic E-state index is 13.5. The lowest BCUT2D eigenvalue weighted by Crippen LogP contribution is -2.01. The Kier molecular flexibility index (Phi) is 4.61. The number of nitrogens with two attached hydrogens (primary N) is 1. The van der Waals surface area contributed by atoms with Crippen LogP contribution in [0.5, 0.6) is 17.2 Å². The van der Waals surface area contributed by atoms with Crippen LogP contribution in [-0.2, 0) is 6.42 Å². The first-order chi connectivity index (χ1) is 12.0. The van der Waals surface area contributed by atoms with Crippen LogP contribution in [-0.4, -0.2) is 26.3 Å². The van der Waals surface area contributed by atoms with E-state index in [1.807, 2.05) is 12.1 Å². The second-order valence-electron chi connectivity index (χ2n) is 5.57. The van der Waals surface area contributed by atoms with Crippen LogP contribution in [0.4, 0.5) is 10.2 Å². The number of anilines is 1. The van der Waals surface area contributed by atoms with Crippen molar-refractivity contribution in [1.29, 1.82) is 0 Å². The molecule has 0 saturated heterocycles. The first kappa shape index (κ1) is 16.8. The van der Waals surface area contributed by atoms with Gasteiger partial charge >= 0.3 is 0 Å². The fourth-order valence-electron chi connectivity index (χ4n) is 2.89. The quantitative estimate of drug-likeness (QED) is 0.768. The molecule has 2 N–H and O–H groups in total. The number of nitrogens with zero attached hydrogens (tertiary/aromatic N) is 1. The highest BCUT2D eigenvalue weighted by atomic mass is 19.1.